The predicted molar refractivity (Wildman–Crippen MR) is 351 cm³/mol. The maximum absolute atomic E-state index is 2.77. The summed E-state index contributed by atoms with van der Waals surface area (Å²) >= 11 is 0. The molecule has 4 atom stereocenters. The zero-order valence-corrected chi connectivity index (χ0v) is 49.0. The molecule has 2 saturated carbocycles. The molecule has 16 rings (SSSR count). The molecular weight excluding hydrogens is 989 g/mol. The largest absolute Gasteiger partial charge is 0.334 e. The van der Waals surface area contributed by atoms with Crippen molar-refractivity contribution in [3.8, 4) is 44.5 Å². The lowest BCUT2D eigenvalue weighted by atomic mass is 9.61. The van der Waals surface area contributed by atoms with Crippen LogP contribution in [0.2, 0.25) is 0 Å². The van der Waals surface area contributed by atoms with Crippen LogP contribution in [-0.2, 0) is 10.8 Å². The number of rotatable bonds is 6. The van der Waals surface area contributed by atoms with Crippen LogP contribution in [0.15, 0.2) is 194 Å². The maximum Gasteiger partial charge on any atom is 0.0518 e. The molecule has 0 spiro atoms. The first-order valence-electron chi connectivity index (χ1n) is 30.6. The van der Waals surface area contributed by atoms with E-state index >= 15 is 0 Å². The standard InChI is InChI=1S/C80H72N2/c1-49-51(3)75-71(77(5)41-19-21-43-79(77,7)81(75)55-29-11-9-12-30-55)47-65(49)69-45-67(59-35-23-27-53-25-15-17-33-57(53)59)61-38-40-64-70(46-68(62-37-39-63(69)73(61)74(62)64)60-36-24-28-54-26-16-18-34-58(54)60)66-48-72-76(52(4)50(66)2)82(56-31-13-10-14-32-56)80(8)44-22-20-42-78(72,80)6/h9-18,23-40,45-48H,19-22,41-44H2,1-8H3. The van der Waals surface area contributed by atoms with Crippen LogP contribution in [0.1, 0.15) is 112 Å². The molecule has 4 unspecified atom stereocenters. The fourth-order valence-corrected chi connectivity index (χ4v) is 17.6. The number of para-hydroxylation sites is 2. The topological polar surface area (TPSA) is 6.48 Å². The molecule has 2 heteroatoms. The third-order valence-corrected chi connectivity index (χ3v) is 22.6. The highest BCUT2D eigenvalue weighted by molar-refractivity contribution is 6.33. The van der Waals surface area contributed by atoms with Crippen LogP contribution in [0.5, 0.6) is 0 Å². The van der Waals surface area contributed by atoms with E-state index in [1.807, 2.05) is 0 Å². The maximum atomic E-state index is 2.77. The van der Waals surface area contributed by atoms with Crippen LogP contribution in [0, 0.1) is 27.7 Å². The first-order valence-corrected chi connectivity index (χ1v) is 30.6. The highest BCUT2D eigenvalue weighted by Crippen LogP contribution is 2.65. The number of fused-ring (bicyclic) bond motifs is 8. The summed E-state index contributed by atoms with van der Waals surface area (Å²) in [6.45, 7) is 20.1. The van der Waals surface area contributed by atoms with Crippen LogP contribution >= 0.6 is 0 Å². The van der Waals surface area contributed by atoms with Crippen LogP contribution in [-0.4, -0.2) is 11.1 Å². The van der Waals surface area contributed by atoms with Crippen LogP contribution in [0.3, 0.4) is 0 Å². The smallest absolute Gasteiger partial charge is 0.0518 e. The normalized spacial score (nSPS) is 22.1. The minimum absolute atomic E-state index is 0.0374. The van der Waals surface area contributed by atoms with Gasteiger partial charge in [0.05, 0.1) is 11.1 Å². The molecule has 0 amide bonds. The summed E-state index contributed by atoms with van der Waals surface area (Å²) in [5, 5.41) is 13.0. The molecule has 2 heterocycles. The summed E-state index contributed by atoms with van der Waals surface area (Å²) in [6.07, 6.45) is 9.66. The lowest BCUT2D eigenvalue weighted by molar-refractivity contribution is 0.195. The lowest BCUT2D eigenvalue weighted by Crippen LogP contribution is -2.54. The second-order valence-corrected chi connectivity index (χ2v) is 26.2. The third-order valence-electron chi connectivity index (χ3n) is 22.6. The molecule has 0 radical (unpaired) electrons. The van der Waals surface area contributed by atoms with Gasteiger partial charge in [0.2, 0.25) is 0 Å². The van der Waals surface area contributed by atoms with Crippen molar-refractivity contribution in [3.05, 3.63) is 228 Å². The van der Waals surface area contributed by atoms with Gasteiger partial charge in [-0.2, -0.15) is 0 Å². The van der Waals surface area contributed by atoms with Gasteiger partial charge in [-0.3, -0.25) is 0 Å². The summed E-state index contributed by atoms with van der Waals surface area (Å²) in [7, 11) is 0. The van der Waals surface area contributed by atoms with E-state index < -0.39 is 0 Å². The highest BCUT2D eigenvalue weighted by Gasteiger charge is 2.60. The molecule has 2 aliphatic heterocycles. The van der Waals surface area contributed by atoms with E-state index in [9.17, 15) is 0 Å². The van der Waals surface area contributed by atoms with Gasteiger partial charge in [-0.15, -0.1) is 0 Å². The predicted octanol–water partition coefficient (Wildman–Crippen LogP) is 22.3. The molecular formula is C80H72N2. The SMILES string of the molecule is Cc1c(-c2cc(-c3cccc4ccccc34)c3ccc4c(-c5cc6c(c(C)c5C)N(c5ccccc5)C5(C)CCCCC65C)cc(-c5cccc6ccccc56)c5ccc2c3c45)cc2c(c1C)N(c1ccccc1)C1(C)CCCCC21C. The second-order valence-electron chi connectivity index (χ2n) is 26.2. The highest BCUT2D eigenvalue weighted by atomic mass is 15.3. The van der Waals surface area contributed by atoms with Crippen molar-refractivity contribution in [3.63, 3.8) is 0 Å². The van der Waals surface area contributed by atoms with Crippen molar-refractivity contribution in [1.82, 2.24) is 0 Å². The number of benzene rings is 12. The molecule has 12 aromatic carbocycles. The van der Waals surface area contributed by atoms with Gasteiger partial charge in [-0.05, 0) is 248 Å². The monoisotopic (exact) mass is 1060 g/mol. The zero-order chi connectivity index (χ0) is 55.6. The van der Waals surface area contributed by atoms with Gasteiger partial charge < -0.3 is 9.80 Å². The first-order chi connectivity index (χ1) is 39.8. The van der Waals surface area contributed by atoms with Gasteiger partial charge in [0, 0.05) is 33.6 Å². The van der Waals surface area contributed by atoms with Crippen molar-refractivity contribution < 1.29 is 0 Å². The molecule has 0 aromatic heterocycles. The van der Waals surface area contributed by atoms with Crippen molar-refractivity contribution in [1.29, 1.82) is 0 Å². The van der Waals surface area contributed by atoms with E-state index in [0.717, 1.165) is 0 Å². The van der Waals surface area contributed by atoms with E-state index in [1.54, 1.807) is 0 Å². The molecule has 2 aliphatic carbocycles. The molecule has 12 aromatic rings. The molecule has 2 nitrogen and oxygen atoms in total. The second kappa shape index (κ2) is 17.7. The number of hydrogen-bond donors (Lipinski definition) is 0. The summed E-state index contributed by atoms with van der Waals surface area (Å²) in [5.74, 6) is 0. The Morgan fingerprint density at radius 3 is 1.04 bits per heavy atom. The third kappa shape index (κ3) is 6.47. The molecule has 0 bridgehead atoms. The molecule has 0 N–H and O–H groups in total. The lowest BCUT2D eigenvalue weighted by Gasteiger charge is -2.50. The molecule has 402 valence electrons. The van der Waals surface area contributed by atoms with Gasteiger partial charge in [0.15, 0.2) is 0 Å². The Labute approximate surface area is 484 Å². The fourth-order valence-electron chi connectivity index (χ4n) is 17.6. The summed E-state index contributed by atoms with van der Waals surface area (Å²) in [4.78, 5) is 5.54. The molecule has 4 aliphatic rings. The van der Waals surface area contributed by atoms with Gasteiger partial charge >= 0.3 is 0 Å². The zero-order valence-electron chi connectivity index (χ0n) is 49.0. The minimum atomic E-state index is -0.0587. The van der Waals surface area contributed by atoms with Gasteiger partial charge in [-0.1, -0.05) is 185 Å². The number of hydrogen-bond acceptors (Lipinski definition) is 2. The fraction of sp³-hybridized carbons (Fsp3) is 0.250. The van der Waals surface area contributed by atoms with E-state index in [-0.39, 0.29) is 21.9 Å². The Balaban J connectivity index is 1.04. The van der Waals surface area contributed by atoms with E-state index in [1.165, 1.54) is 206 Å². The van der Waals surface area contributed by atoms with E-state index in [2.05, 4.69) is 259 Å². The molecule has 2 fully saturated rings. The van der Waals surface area contributed by atoms with Crippen molar-refractivity contribution in [2.24, 2.45) is 0 Å². The Hall–Kier alpha value is -8.20. The van der Waals surface area contributed by atoms with Crippen LogP contribution in [0.25, 0.3) is 98.4 Å². The van der Waals surface area contributed by atoms with E-state index in [4.69, 9.17) is 0 Å². The Morgan fingerprint density at radius 2 is 0.634 bits per heavy atom. The Morgan fingerprint density at radius 1 is 0.293 bits per heavy atom. The Bertz CT molecular complexity index is 4340. The van der Waals surface area contributed by atoms with Gasteiger partial charge in [-0.25, -0.2) is 0 Å². The van der Waals surface area contributed by atoms with Crippen LogP contribution < -0.4 is 9.80 Å². The number of anilines is 4. The average Bonchev–Trinajstić information content (AvgIpc) is 3.05. The molecule has 82 heavy (non-hydrogen) atoms. The molecule has 0 saturated heterocycles. The quantitative estimate of drug-likeness (QED) is 0.153. The summed E-state index contributed by atoms with van der Waals surface area (Å²) in [6, 6.07) is 75.1. The van der Waals surface area contributed by atoms with Crippen LogP contribution in [0.4, 0.5) is 22.7 Å². The average molecular weight is 1060 g/mol. The van der Waals surface area contributed by atoms with Gasteiger partial charge in [0.25, 0.3) is 0 Å². The number of nitrogens with zero attached hydrogens (tertiary/aromatic N) is 2. The Kier molecular flexibility index (Phi) is 10.7. The van der Waals surface area contributed by atoms with Crippen molar-refractivity contribution in [2.75, 3.05) is 9.80 Å². The first kappa shape index (κ1) is 49.6. The summed E-state index contributed by atoms with van der Waals surface area (Å²) < 4.78 is 0. The minimum Gasteiger partial charge on any atom is -0.334 e. The van der Waals surface area contributed by atoms with Gasteiger partial charge in [0.1, 0.15) is 0 Å². The van der Waals surface area contributed by atoms with E-state index in [0.29, 0.717) is 0 Å². The summed E-state index contributed by atoms with van der Waals surface area (Å²) in [5.41, 5.74) is 24.2. The van der Waals surface area contributed by atoms with Crippen molar-refractivity contribution >= 4 is 76.6 Å². The van der Waals surface area contributed by atoms with Crippen molar-refractivity contribution in [2.45, 2.75) is 129 Å².